The molecule has 172 valence electrons. The summed E-state index contributed by atoms with van der Waals surface area (Å²) in [6.45, 7) is 4.10. The van der Waals surface area contributed by atoms with Crippen LogP contribution >= 0.6 is 0 Å². The molecule has 0 aliphatic carbocycles. The monoisotopic (exact) mass is 443 g/mol. The average molecular weight is 443 g/mol. The molecule has 8 nitrogen and oxygen atoms in total. The smallest absolute Gasteiger partial charge is 0.352 e. The summed E-state index contributed by atoms with van der Waals surface area (Å²) in [4.78, 5) is 25.1. The van der Waals surface area contributed by atoms with Crippen LogP contribution in [0.2, 0.25) is 0 Å². The van der Waals surface area contributed by atoms with Crippen molar-refractivity contribution in [3.05, 3.63) is 11.1 Å². The van der Waals surface area contributed by atoms with Crippen molar-refractivity contribution in [3.63, 3.8) is 0 Å². The van der Waals surface area contributed by atoms with Crippen LogP contribution in [0.25, 0.3) is 0 Å². The van der Waals surface area contributed by atoms with Gasteiger partial charge in [0.15, 0.2) is 0 Å². The van der Waals surface area contributed by atoms with Gasteiger partial charge in [0.25, 0.3) is 0 Å². The molecular weight excluding hydrogens is 415 g/mol. The molecule has 0 saturated carbocycles. The van der Waals surface area contributed by atoms with Gasteiger partial charge in [-0.05, 0) is 45.1 Å². The van der Waals surface area contributed by atoms with Gasteiger partial charge in [-0.15, -0.1) is 13.2 Å². The Morgan fingerprint density at radius 3 is 2.68 bits per heavy atom. The average Bonchev–Trinajstić information content (AvgIpc) is 2.70. The molecule has 11 heteroatoms. The minimum absolute atomic E-state index is 0.0287. The molecule has 31 heavy (non-hydrogen) atoms. The molecule has 0 spiro atoms. The van der Waals surface area contributed by atoms with Crippen molar-refractivity contribution in [2.45, 2.75) is 82.7 Å². The van der Waals surface area contributed by atoms with E-state index < -0.39 is 18.6 Å². The Balaban J connectivity index is 1.60. The Bertz CT molecular complexity index is 771. The van der Waals surface area contributed by atoms with E-state index in [2.05, 4.69) is 32.1 Å². The summed E-state index contributed by atoms with van der Waals surface area (Å²) >= 11 is 0. The van der Waals surface area contributed by atoms with Crippen molar-refractivity contribution in [2.24, 2.45) is 5.92 Å². The Morgan fingerprint density at radius 2 is 2.06 bits per heavy atom. The van der Waals surface area contributed by atoms with E-state index in [1.165, 1.54) is 0 Å². The van der Waals surface area contributed by atoms with E-state index >= 15 is 0 Å². The maximum atomic E-state index is 12.6. The number of nitriles is 1. The van der Waals surface area contributed by atoms with E-state index in [1.54, 1.807) is 6.92 Å². The number of hydrogen-bond donors (Lipinski definition) is 4. The highest BCUT2D eigenvalue weighted by Crippen LogP contribution is 2.30. The van der Waals surface area contributed by atoms with Crippen LogP contribution in [0.4, 0.5) is 13.2 Å². The highest BCUT2D eigenvalue weighted by atomic mass is 19.4. The molecule has 2 fully saturated rings. The van der Waals surface area contributed by atoms with Crippen molar-refractivity contribution in [2.75, 3.05) is 6.54 Å². The first-order valence-electron chi connectivity index (χ1n) is 10.5. The molecule has 5 unspecified atom stereocenters. The summed E-state index contributed by atoms with van der Waals surface area (Å²) in [7, 11) is 0. The van der Waals surface area contributed by atoms with Crippen molar-refractivity contribution in [1.82, 2.24) is 21.3 Å². The number of carbonyl (C=O) groups is 2. The lowest BCUT2D eigenvalue weighted by atomic mass is 9.84. The fraction of sp³-hybridized carbons (Fsp3) is 0.750. The van der Waals surface area contributed by atoms with Gasteiger partial charge in [-0.1, -0.05) is 0 Å². The molecule has 3 heterocycles. The minimum atomic E-state index is -4.75. The molecule has 0 aromatic rings. The van der Waals surface area contributed by atoms with E-state index in [1.807, 2.05) is 6.92 Å². The molecule has 2 amide bonds. The SMILES string of the molecule is CC1=C(CC(=O)N[C@@H](C)C2CCC(C#N)CN2)C(=O)NC2CCC(OC(F)(F)F)NC12. The number of nitrogens with one attached hydrogen (secondary N) is 4. The Hall–Kier alpha value is -2.16. The van der Waals surface area contributed by atoms with E-state index in [0.29, 0.717) is 18.5 Å². The van der Waals surface area contributed by atoms with Crippen molar-refractivity contribution in [1.29, 1.82) is 5.26 Å². The normalized spacial score (nSPS) is 32.5. The molecule has 0 bridgehead atoms. The fourth-order valence-electron chi connectivity index (χ4n) is 4.56. The molecular formula is C20H28F3N5O3. The molecule has 3 rings (SSSR count). The lowest BCUT2D eigenvalue weighted by Gasteiger charge is -2.42. The summed E-state index contributed by atoms with van der Waals surface area (Å²) in [5, 5.41) is 20.7. The van der Waals surface area contributed by atoms with E-state index in [9.17, 15) is 22.8 Å². The van der Waals surface area contributed by atoms with Crippen LogP contribution in [-0.4, -0.2) is 55.1 Å². The van der Waals surface area contributed by atoms with Gasteiger partial charge in [0.05, 0.1) is 24.4 Å². The standard InChI is InChI=1S/C20H28F3N5O3/c1-10-13(7-16(29)26-11(2)14-4-3-12(8-24)9-25-14)19(30)27-15-5-6-17(28-18(10)15)31-20(21,22)23/h11-12,14-15,17-18,25,28H,3-7,9H2,1-2H3,(H,26,29)(H,27,30)/t11-,12?,14?,15?,17?,18?/m0/s1. The zero-order valence-electron chi connectivity index (χ0n) is 17.5. The van der Waals surface area contributed by atoms with Crippen LogP contribution in [-0.2, 0) is 14.3 Å². The summed E-state index contributed by atoms with van der Waals surface area (Å²) in [6, 6.07) is 1.21. The van der Waals surface area contributed by atoms with Crippen molar-refractivity contribution >= 4 is 11.8 Å². The summed E-state index contributed by atoms with van der Waals surface area (Å²) in [5.41, 5.74) is 0.812. The van der Waals surface area contributed by atoms with Crippen LogP contribution in [0.5, 0.6) is 0 Å². The fourth-order valence-corrected chi connectivity index (χ4v) is 4.56. The predicted molar refractivity (Wildman–Crippen MR) is 104 cm³/mol. The molecule has 0 aromatic heterocycles. The van der Waals surface area contributed by atoms with Crippen LogP contribution in [0.3, 0.4) is 0 Å². The third kappa shape index (κ3) is 5.96. The lowest BCUT2D eigenvalue weighted by molar-refractivity contribution is -0.349. The zero-order valence-corrected chi connectivity index (χ0v) is 17.5. The Morgan fingerprint density at radius 1 is 1.32 bits per heavy atom. The molecule has 0 aromatic carbocycles. The Labute approximate surface area is 178 Å². The van der Waals surface area contributed by atoms with Gasteiger partial charge in [0.2, 0.25) is 11.8 Å². The number of piperidine rings is 2. The minimum Gasteiger partial charge on any atom is -0.352 e. The molecule has 4 N–H and O–H groups in total. The first-order chi connectivity index (χ1) is 14.6. The maximum Gasteiger partial charge on any atom is 0.524 e. The largest absolute Gasteiger partial charge is 0.524 e. The van der Waals surface area contributed by atoms with Gasteiger partial charge in [-0.2, -0.15) is 5.26 Å². The van der Waals surface area contributed by atoms with Gasteiger partial charge in [0, 0.05) is 30.2 Å². The number of alkyl halides is 3. The number of nitrogens with zero attached hydrogens (tertiary/aromatic N) is 1. The third-order valence-corrected chi connectivity index (χ3v) is 6.28. The third-order valence-electron chi connectivity index (χ3n) is 6.28. The zero-order chi connectivity index (χ0) is 22.8. The highest BCUT2D eigenvalue weighted by molar-refractivity contribution is 6.00. The quantitative estimate of drug-likeness (QED) is 0.508. The van der Waals surface area contributed by atoms with Crippen LogP contribution in [0.15, 0.2) is 11.1 Å². The Kier molecular flexibility index (Phi) is 7.24. The van der Waals surface area contributed by atoms with Crippen LogP contribution < -0.4 is 21.3 Å². The number of amides is 2. The molecule has 3 aliphatic rings. The topological polar surface area (TPSA) is 115 Å². The first-order valence-corrected chi connectivity index (χ1v) is 10.5. The number of hydrogen-bond acceptors (Lipinski definition) is 6. The highest BCUT2D eigenvalue weighted by Gasteiger charge is 2.42. The van der Waals surface area contributed by atoms with Gasteiger partial charge in [-0.3, -0.25) is 19.6 Å². The van der Waals surface area contributed by atoms with Crippen LogP contribution in [0, 0.1) is 17.2 Å². The van der Waals surface area contributed by atoms with Crippen molar-refractivity contribution < 1.29 is 27.5 Å². The van der Waals surface area contributed by atoms with E-state index in [-0.39, 0.29) is 54.3 Å². The second kappa shape index (κ2) is 9.54. The van der Waals surface area contributed by atoms with Gasteiger partial charge in [0.1, 0.15) is 6.23 Å². The van der Waals surface area contributed by atoms with Gasteiger partial charge < -0.3 is 16.0 Å². The number of rotatable bonds is 5. The van der Waals surface area contributed by atoms with E-state index in [4.69, 9.17) is 5.26 Å². The summed E-state index contributed by atoms with van der Waals surface area (Å²) < 4.78 is 41.8. The lowest BCUT2D eigenvalue weighted by Crippen LogP contribution is -2.61. The second-order valence-corrected chi connectivity index (χ2v) is 8.47. The van der Waals surface area contributed by atoms with Crippen LogP contribution in [0.1, 0.15) is 46.0 Å². The van der Waals surface area contributed by atoms with Gasteiger partial charge in [-0.25, -0.2) is 0 Å². The number of ether oxygens (including phenoxy) is 1. The number of carbonyl (C=O) groups excluding carboxylic acids is 2. The predicted octanol–water partition coefficient (Wildman–Crippen LogP) is 1.20. The molecule has 6 atom stereocenters. The van der Waals surface area contributed by atoms with Crippen molar-refractivity contribution in [3.8, 4) is 6.07 Å². The van der Waals surface area contributed by atoms with Gasteiger partial charge >= 0.3 is 6.36 Å². The number of halogens is 3. The first kappa shape index (κ1) is 23.5. The molecule has 0 radical (unpaired) electrons. The summed E-state index contributed by atoms with van der Waals surface area (Å²) in [5.74, 6) is -0.733. The second-order valence-electron chi connectivity index (χ2n) is 8.47. The molecule has 3 aliphatic heterocycles. The summed E-state index contributed by atoms with van der Waals surface area (Å²) in [6.07, 6.45) is -4.13. The molecule has 2 saturated heterocycles. The maximum absolute atomic E-state index is 12.6. The number of fused-ring (bicyclic) bond motifs is 1. The van der Waals surface area contributed by atoms with E-state index in [0.717, 1.165) is 12.8 Å².